The molecule has 2 unspecified atom stereocenters. The molecule has 0 spiro atoms. The van der Waals surface area contributed by atoms with Crippen molar-refractivity contribution in [2.75, 3.05) is 25.1 Å². The van der Waals surface area contributed by atoms with Gasteiger partial charge < -0.3 is 5.32 Å². The summed E-state index contributed by atoms with van der Waals surface area (Å²) in [4.78, 5) is 2.59. The predicted octanol–water partition coefficient (Wildman–Crippen LogP) is 2.59. The summed E-state index contributed by atoms with van der Waals surface area (Å²) in [7, 11) is 2.30. The molecule has 1 heterocycles. The highest BCUT2D eigenvalue weighted by Gasteiger charge is 2.23. The molecule has 1 N–H and O–H groups in total. The molecule has 2 atom stereocenters. The highest BCUT2D eigenvalue weighted by atomic mass is 32.2. The minimum absolute atomic E-state index is 0.624. The highest BCUT2D eigenvalue weighted by molar-refractivity contribution is 7.99. The zero-order valence-corrected chi connectivity index (χ0v) is 12.1. The summed E-state index contributed by atoms with van der Waals surface area (Å²) in [5, 5.41) is 3.49. The molecule has 3 heteroatoms. The van der Waals surface area contributed by atoms with Crippen LogP contribution in [0.25, 0.3) is 0 Å². The summed E-state index contributed by atoms with van der Waals surface area (Å²) >= 11 is 2.11. The Hall–Kier alpha value is 0.270. The average molecular weight is 244 g/mol. The van der Waals surface area contributed by atoms with E-state index in [-0.39, 0.29) is 0 Å². The summed E-state index contributed by atoms with van der Waals surface area (Å²) in [6.07, 6.45) is 4.00. The molecule has 1 saturated heterocycles. The van der Waals surface area contributed by atoms with E-state index >= 15 is 0 Å². The SMILES string of the molecule is CC(C)NCCCC(C)N(C)C1CCSC1. The molecule has 0 aromatic heterocycles. The average Bonchev–Trinajstić information content (AvgIpc) is 2.76. The van der Waals surface area contributed by atoms with Crippen molar-refractivity contribution >= 4 is 11.8 Å². The molecule has 16 heavy (non-hydrogen) atoms. The minimum atomic E-state index is 0.624. The van der Waals surface area contributed by atoms with Gasteiger partial charge in [0.05, 0.1) is 0 Å². The predicted molar refractivity (Wildman–Crippen MR) is 75.3 cm³/mol. The molecule has 1 rings (SSSR count). The second kappa shape index (κ2) is 7.57. The van der Waals surface area contributed by atoms with E-state index in [2.05, 4.69) is 49.8 Å². The Labute approximate surface area is 106 Å². The van der Waals surface area contributed by atoms with E-state index in [1.54, 1.807) is 0 Å². The van der Waals surface area contributed by atoms with Gasteiger partial charge in [-0.25, -0.2) is 0 Å². The van der Waals surface area contributed by atoms with Crippen molar-refractivity contribution in [3.63, 3.8) is 0 Å². The van der Waals surface area contributed by atoms with Crippen molar-refractivity contribution in [2.45, 2.75) is 58.2 Å². The second-order valence-electron chi connectivity index (χ2n) is 5.28. The standard InChI is InChI=1S/C13H28N2S/c1-11(2)14-8-5-6-12(3)15(4)13-7-9-16-10-13/h11-14H,5-10H2,1-4H3. The van der Waals surface area contributed by atoms with Crippen molar-refractivity contribution in [1.29, 1.82) is 0 Å². The van der Waals surface area contributed by atoms with Crippen molar-refractivity contribution < 1.29 is 0 Å². The molecule has 0 amide bonds. The van der Waals surface area contributed by atoms with E-state index in [0.29, 0.717) is 6.04 Å². The van der Waals surface area contributed by atoms with E-state index < -0.39 is 0 Å². The molecule has 1 aliphatic heterocycles. The van der Waals surface area contributed by atoms with Crippen molar-refractivity contribution in [2.24, 2.45) is 0 Å². The number of rotatable bonds is 7. The van der Waals surface area contributed by atoms with Crippen LogP contribution in [0.5, 0.6) is 0 Å². The Kier molecular flexibility index (Phi) is 6.78. The first-order valence-corrected chi connectivity index (χ1v) is 7.79. The number of hydrogen-bond donors (Lipinski definition) is 1. The monoisotopic (exact) mass is 244 g/mol. The molecule has 0 saturated carbocycles. The van der Waals surface area contributed by atoms with Gasteiger partial charge in [-0.3, -0.25) is 4.90 Å². The molecule has 0 aromatic carbocycles. The zero-order valence-electron chi connectivity index (χ0n) is 11.3. The lowest BCUT2D eigenvalue weighted by Crippen LogP contribution is -2.39. The van der Waals surface area contributed by atoms with E-state index in [9.17, 15) is 0 Å². The van der Waals surface area contributed by atoms with Gasteiger partial charge in [0.25, 0.3) is 0 Å². The summed E-state index contributed by atoms with van der Waals surface area (Å²) in [5.74, 6) is 2.70. The van der Waals surface area contributed by atoms with Crippen molar-refractivity contribution in [1.82, 2.24) is 10.2 Å². The van der Waals surface area contributed by atoms with Gasteiger partial charge in [0.15, 0.2) is 0 Å². The number of nitrogens with zero attached hydrogens (tertiary/aromatic N) is 1. The Balaban J connectivity index is 2.10. The lowest BCUT2D eigenvalue weighted by Gasteiger charge is -2.30. The van der Waals surface area contributed by atoms with E-state index in [1.807, 2.05) is 0 Å². The van der Waals surface area contributed by atoms with Gasteiger partial charge in [-0.05, 0) is 45.5 Å². The fourth-order valence-electron chi connectivity index (χ4n) is 2.20. The van der Waals surface area contributed by atoms with Crippen LogP contribution in [0.2, 0.25) is 0 Å². The third-order valence-corrected chi connectivity index (χ3v) is 4.67. The summed E-state index contributed by atoms with van der Waals surface area (Å²) in [6, 6.07) is 2.19. The molecule has 0 aromatic rings. The molecule has 1 aliphatic rings. The van der Waals surface area contributed by atoms with Crippen molar-refractivity contribution in [3.8, 4) is 0 Å². The molecule has 1 fully saturated rings. The van der Waals surface area contributed by atoms with Crippen LogP contribution in [-0.2, 0) is 0 Å². The normalized spacial score (nSPS) is 23.2. The van der Waals surface area contributed by atoms with Crippen LogP contribution in [0, 0.1) is 0 Å². The molecular weight excluding hydrogens is 216 g/mol. The van der Waals surface area contributed by atoms with Gasteiger partial charge in [-0.1, -0.05) is 13.8 Å². The highest BCUT2D eigenvalue weighted by Crippen LogP contribution is 2.23. The van der Waals surface area contributed by atoms with Crippen LogP contribution in [0.1, 0.15) is 40.0 Å². The fraction of sp³-hybridized carbons (Fsp3) is 1.00. The number of thioether (sulfide) groups is 1. The van der Waals surface area contributed by atoms with Crippen LogP contribution in [-0.4, -0.2) is 48.1 Å². The largest absolute Gasteiger partial charge is 0.315 e. The molecule has 2 nitrogen and oxygen atoms in total. The van der Waals surface area contributed by atoms with Gasteiger partial charge in [-0.15, -0.1) is 0 Å². The summed E-state index contributed by atoms with van der Waals surface area (Å²) in [6.45, 7) is 7.96. The maximum atomic E-state index is 3.49. The van der Waals surface area contributed by atoms with Crippen LogP contribution >= 0.6 is 11.8 Å². The molecule has 0 bridgehead atoms. The third kappa shape index (κ3) is 5.07. The van der Waals surface area contributed by atoms with Crippen LogP contribution in [0.15, 0.2) is 0 Å². The maximum Gasteiger partial charge on any atom is 0.0194 e. The lowest BCUT2D eigenvalue weighted by atomic mass is 10.1. The maximum absolute atomic E-state index is 3.49. The third-order valence-electron chi connectivity index (χ3n) is 3.53. The number of hydrogen-bond acceptors (Lipinski definition) is 3. The first kappa shape index (κ1) is 14.3. The van der Waals surface area contributed by atoms with Crippen LogP contribution in [0.4, 0.5) is 0 Å². The summed E-state index contributed by atoms with van der Waals surface area (Å²) < 4.78 is 0. The van der Waals surface area contributed by atoms with Crippen molar-refractivity contribution in [3.05, 3.63) is 0 Å². The first-order chi connectivity index (χ1) is 7.61. The molecule has 96 valence electrons. The van der Waals surface area contributed by atoms with Crippen LogP contribution in [0.3, 0.4) is 0 Å². The Morgan fingerprint density at radius 3 is 2.69 bits per heavy atom. The smallest absolute Gasteiger partial charge is 0.0194 e. The van der Waals surface area contributed by atoms with Gasteiger partial charge in [0.1, 0.15) is 0 Å². The molecular formula is C13H28N2S. The number of nitrogens with one attached hydrogen (secondary N) is 1. The van der Waals surface area contributed by atoms with Gasteiger partial charge in [0, 0.05) is 23.9 Å². The van der Waals surface area contributed by atoms with E-state index in [1.165, 1.54) is 30.8 Å². The Morgan fingerprint density at radius 2 is 2.12 bits per heavy atom. The Morgan fingerprint density at radius 1 is 1.38 bits per heavy atom. The fourth-order valence-corrected chi connectivity index (χ4v) is 3.47. The lowest BCUT2D eigenvalue weighted by molar-refractivity contribution is 0.188. The zero-order chi connectivity index (χ0) is 12.0. The minimum Gasteiger partial charge on any atom is -0.315 e. The summed E-state index contributed by atoms with van der Waals surface area (Å²) in [5.41, 5.74) is 0. The Bertz CT molecular complexity index is 179. The van der Waals surface area contributed by atoms with Gasteiger partial charge in [-0.2, -0.15) is 11.8 Å². The van der Waals surface area contributed by atoms with E-state index in [0.717, 1.165) is 18.6 Å². The quantitative estimate of drug-likeness (QED) is 0.693. The molecule has 0 aliphatic carbocycles. The topological polar surface area (TPSA) is 15.3 Å². The second-order valence-corrected chi connectivity index (χ2v) is 6.43. The van der Waals surface area contributed by atoms with Crippen LogP contribution < -0.4 is 5.32 Å². The van der Waals surface area contributed by atoms with Gasteiger partial charge >= 0.3 is 0 Å². The van der Waals surface area contributed by atoms with Gasteiger partial charge in [0.2, 0.25) is 0 Å². The molecule has 0 radical (unpaired) electrons. The van der Waals surface area contributed by atoms with E-state index in [4.69, 9.17) is 0 Å². The first-order valence-electron chi connectivity index (χ1n) is 6.64.